The molecular formula is C17H24N2O4S. The van der Waals surface area contributed by atoms with Gasteiger partial charge in [-0.05, 0) is 38.8 Å². The molecule has 1 aromatic heterocycles. The second-order valence-electron chi connectivity index (χ2n) is 5.96. The van der Waals surface area contributed by atoms with Gasteiger partial charge in [-0.15, -0.1) is 11.3 Å². The zero-order chi connectivity index (χ0) is 17.5. The Labute approximate surface area is 146 Å². The van der Waals surface area contributed by atoms with Crippen LogP contribution in [-0.2, 0) is 14.3 Å². The number of nitrogens with zero attached hydrogens (tertiary/aromatic N) is 1. The van der Waals surface area contributed by atoms with Crippen LogP contribution in [0.15, 0.2) is 12.1 Å². The number of hydrogen-bond donors (Lipinski definition) is 1. The van der Waals surface area contributed by atoms with E-state index in [1.807, 2.05) is 13.0 Å². The molecule has 1 aliphatic heterocycles. The topological polar surface area (TPSA) is 75.7 Å². The molecule has 0 radical (unpaired) electrons. The third kappa shape index (κ3) is 5.33. The van der Waals surface area contributed by atoms with Crippen molar-refractivity contribution >= 4 is 29.1 Å². The first-order valence-corrected chi connectivity index (χ1v) is 9.12. The third-order valence-corrected chi connectivity index (χ3v) is 4.93. The van der Waals surface area contributed by atoms with Crippen LogP contribution in [0.3, 0.4) is 0 Å². The average molecular weight is 352 g/mol. The quantitative estimate of drug-likeness (QED) is 0.824. The standard InChI is InChI=1S/C17H24N2O4S/c1-12-7-8-14(24-12)16(21)18-11-15(20)23-13(2)17(22)19-9-5-3-4-6-10-19/h7-8,13H,3-6,9-11H2,1-2H3,(H,18,21). The summed E-state index contributed by atoms with van der Waals surface area (Å²) in [5, 5.41) is 2.52. The fourth-order valence-electron chi connectivity index (χ4n) is 2.63. The van der Waals surface area contributed by atoms with E-state index in [1.165, 1.54) is 11.3 Å². The molecule has 1 saturated heterocycles. The molecule has 0 aromatic carbocycles. The Hall–Kier alpha value is -1.89. The van der Waals surface area contributed by atoms with Gasteiger partial charge < -0.3 is 15.0 Å². The Kier molecular flexibility index (Phi) is 6.78. The van der Waals surface area contributed by atoms with Crippen LogP contribution >= 0.6 is 11.3 Å². The van der Waals surface area contributed by atoms with Crippen molar-refractivity contribution < 1.29 is 19.1 Å². The van der Waals surface area contributed by atoms with Crippen LogP contribution in [0.5, 0.6) is 0 Å². The molecule has 0 saturated carbocycles. The SMILES string of the molecule is Cc1ccc(C(=O)NCC(=O)OC(C)C(=O)N2CCCCCC2)s1. The maximum atomic E-state index is 12.3. The molecule has 1 unspecified atom stereocenters. The van der Waals surface area contributed by atoms with E-state index >= 15 is 0 Å². The zero-order valence-corrected chi connectivity index (χ0v) is 15.0. The van der Waals surface area contributed by atoms with E-state index in [0.29, 0.717) is 4.88 Å². The minimum atomic E-state index is -0.823. The van der Waals surface area contributed by atoms with Gasteiger partial charge in [0.25, 0.3) is 11.8 Å². The summed E-state index contributed by atoms with van der Waals surface area (Å²) in [5.41, 5.74) is 0. The summed E-state index contributed by atoms with van der Waals surface area (Å²) in [6, 6.07) is 3.56. The van der Waals surface area contributed by atoms with E-state index in [4.69, 9.17) is 4.74 Å². The fourth-order valence-corrected chi connectivity index (χ4v) is 3.42. The molecule has 2 rings (SSSR count). The molecule has 1 fully saturated rings. The molecule has 24 heavy (non-hydrogen) atoms. The minimum absolute atomic E-state index is 0.162. The highest BCUT2D eigenvalue weighted by atomic mass is 32.1. The van der Waals surface area contributed by atoms with Crippen molar-refractivity contribution in [3.8, 4) is 0 Å². The van der Waals surface area contributed by atoms with Crippen molar-refractivity contribution in [1.82, 2.24) is 10.2 Å². The van der Waals surface area contributed by atoms with E-state index in [9.17, 15) is 14.4 Å². The third-order valence-electron chi connectivity index (χ3n) is 3.93. The summed E-state index contributed by atoms with van der Waals surface area (Å²) in [5.74, 6) is -1.07. The molecule has 1 atom stereocenters. The highest BCUT2D eigenvalue weighted by Gasteiger charge is 2.24. The lowest BCUT2D eigenvalue weighted by molar-refractivity contribution is -0.158. The summed E-state index contributed by atoms with van der Waals surface area (Å²) >= 11 is 1.36. The minimum Gasteiger partial charge on any atom is -0.451 e. The van der Waals surface area contributed by atoms with Crippen LogP contribution < -0.4 is 5.32 Å². The van der Waals surface area contributed by atoms with Gasteiger partial charge in [-0.2, -0.15) is 0 Å². The molecule has 2 amide bonds. The lowest BCUT2D eigenvalue weighted by Crippen LogP contribution is -2.42. The number of aryl methyl sites for hydroxylation is 1. The van der Waals surface area contributed by atoms with Crippen molar-refractivity contribution in [1.29, 1.82) is 0 Å². The Morgan fingerprint density at radius 3 is 2.46 bits per heavy atom. The summed E-state index contributed by atoms with van der Waals surface area (Å²) in [6.45, 7) is 4.68. The predicted octanol–water partition coefficient (Wildman–Crippen LogP) is 2.12. The molecule has 1 aromatic rings. The number of amides is 2. The van der Waals surface area contributed by atoms with E-state index in [1.54, 1.807) is 17.9 Å². The van der Waals surface area contributed by atoms with Crippen LogP contribution in [0, 0.1) is 6.92 Å². The van der Waals surface area contributed by atoms with E-state index < -0.39 is 12.1 Å². The Morgan fingerprint density at radius 2 is 1.88 bits per heavy atom. The van der Waals surface area contributed by atoms with Gasteiger partial charge in [0.05, 0.1) is 4.88 Å². The zero-order valence-electron chi connectivity index (χ0n) is 14.2. The second-order valence-corrected chi connectivity index (χ2v) is 7.25. The Balaban J connectivity index is 1.76. The monoisotopic (exact) mass is 352 g/mol. The number of rotatable bonds is 5. The van der Waals surface area contributed by atoms with Gasteiger partial charge in [0.2, 0.25) is 0 Å². The van der Waals surface area contributed by atoms with Gasteiger partial charge in [0.15, 0.2) is 6.10 Å². The Bertz CT molecular complexity index is 591. The number of carbonyl (C=O) groups is 3. The Morgan fingerprint density at radius 1 is 1.21 bits per heavy atom. The van der Waals surface area contributed by atoms with E-state index in [-0.39, 0.29) is 18.4 Å². The lowest BCUT2D eigenvalue weighted by Gasteiger charge is -2.24. The van der Waals surface area contributed by atoms with Crippen LogP contribution in [0.2, 0.25) is 0 Å². The fraction of sp³-hybridized carbons (Fsp3) is 0.588. The number of carbonyl (C=O) groups excluding carboxylic acids is 3. The summed E-state index contributed by atoms with van der Waals surface area (Å²) < 4.78 is 5.16. The molecule has 6 nitrogen and oxygen atoms in total. The normalized spacial score (nSPS) is 16.2. The number of likely N-dealkylation sites (tertiary alicyclic amines) is 1. The van der Waals surface area contributed by atoms with Gasteiger partial charge in [-0.25, -0.2) is 0 Å². The van der Waals surface area contributed by atoms with Crippen molar-refractivity contribution in [3.63, 3.8) is 0 Å². The van der Waals surface area contributed by atoms with Crippen LogP contribution in [0.25, 0.3) is 0 Å². The maximum Gasteiger partial charge on any atom is 0.326 e. The number of thiophene rings is 1. The molecule has 7 heteroatoms. The molecule has 0 bridgehead atoms. The summed E-state index contributed by atoms with van der Waals surface area (Å²) in [4.78, 5) is 39.4. The molecule has 0 spiro atoms. The second kappa shape index (κ2) is 8.82. The van der Waals surface area contributed by atoms with Crippen molar-refractivity contribution in [3.05, 3.63) is 21.9 Å². The molecule has 2 heterocycles. The van der Waals surface area contributed by atoms with Crippen LogP contribution in [0.4, 0.5) is 0 Å². The molecule has 1 N–H and O–H groups in total. The number of nitrogens with one attached hydrogen (secondary N) is 1. The van der Waals surface area contributed by atoms with Gasteiger partial charge in [-0.1, -0.05) is 12.8 Å². The highest BCUT2D eigenvalue weighted by Crippen LogP contribution is 2.14. The number of ether oxygens (including phenoxy) is 1. The van der Waals surface area contributed by atoms with Crippen molar-refractivity contribution in [2.24, 2.45) is 0 Å². The average Bonchev–Trinajstić information content (AvgIpc) is 2.83. The molecular weight excluding hydrogens is 328 g/mol. The van der Waals surface area contributed by atoms with Gasteiger partial charge in [-0.3, -0.25) is 14.4 Å². The first-order valence-electron chi connectivity index (χ1n) is 8.30. The number of hydrogen-bond acceptors (Lipinski definition) is 5. The highest BCUT2D eigenvalue weighted by molar-refractivity contribution is 7.13. The van der Waals surface area contributed by atoms with Gasteiger partial charge in [0.1, 0.15) is 6.54 Å². The maximum absolute atomic E-state index is 12.3. The predicted molar refractivity (Wildman–Crippen MR) is 92.0 cm³/mol. The van der Waals surface area contributed by atoms with E-state index in [2.05, 4.69) is 5.32 Å². The summed E-state index contributed by atoms with van der Waals surface area (Å²) in [7, 11) is 0. The van der Waals surface area contributed by atoms with Crippen LogP contribution in [0.1, 0.15) is 47.2 Å². The van der Waals surface area contributed by atoms with Crippen LogP contribution in [-0.4, -0.2) is 48.4 Å². The molecule has 132 valence electrons. The van der Waals surface area contributed by atoms with Crippen molar-refractivity contribution in [2.75, 3.05) is 19.6 Å². The van der Waals surface area contributed by atoms with Gasteiger partial charge in [0, 0.05) is 18.0 Å². The largest absolute Gasteiger partial charge is 0.451 e. The first-order chi connectivity index (χ1) is 11.5. The first kappa shape index (κ1) is 18.4. The molecule has 0 aliphatic carbocycles. The van der Waals surface area contributed by atoms with E-state index in [0.717, 1.165) is 43.6 Å². The lowest BCUT2D eigenvalue weighted by atomic mass is 10.2. The molecule has 1 aliphatic rings. The smallest absolute Gasteiger partial charge is 0.326 e. The van der Waals surface area contributed by atoms with Crippen molar-refractivity contribution in [2.45, 2.75) is 45.6 Å². The van der Waals surface area contributed by atoms with Gasteiger partial charge >= 0.3 is 5.97 Å². The summed E-state index contributed by atoms with van der Waals surface area (Å²) in [6.07, 6.45) is 3.42. The number of esters is 1.